The standard InChI is InChI=1S/C20H26N12O8P2S2/c21-15-11-17(25-3-23-15)31(5-27-11)19-13(33)9-7(39-19)1-37-41(35,43)30-10-8(2-38-42(36,44)29-9)40-20(14(10)34)32-6-28-12-16(22)24-4-26-18(12)32/h3-10,13-14,19-20,33-34H,1-2H2,(H2,21,23,25)(H2,22,24,26)(H2,29,36,44)(H2,30,35,43)/t7-,8-,9-,10-,13-,14-,19-,20-,41?,42?/m1/s1. The molecule has 0 bridgehead atoms. The maximum Gasteiger partial charge on any atom is 0.324 e. The van der Waals surface area contributed by atoms with E-state index in [4.69, 9.17) is 30.0 Å². The molecule has 10 atom stereocenters. The molecular formula is C20H26N12O8P2S2. The summed E-state index contributed by atoms with van der Waals surface area (Å²) in [6.07, 6.45) is -1.88. The first kappa shape index (κ1) is 30.2. The minimum atomic E-state index is -3.99. The second kappa shape index (κ2) is 11.1. The second-order valence-corrected chi connectivity index (χ2v) is 16.5. The summed E-state index contributed by atoms with van der Waals surface area (Å²) in [4.78, 5) is 24.6. The van der Waals surface area contributed by atoms with E-state index in [9.17, 15) is 19.3 Å². The molecular weight excluding hydrogens is 662 g/mol. The smallest absolute Gasteiger partial charge is 0.324 e. The Bertz CT molecular complexity index is 1700. The number of ether oxygens (including phenoxy) is 2. The fourth-order valence-electron chi connectivity index (χ4n) is 5.46. The molecule has 3 saturated heterocycles. The van der Waals surface area contributed by atoms with Crippen molar-refractivity contribution >= 4 is 71.9 Å². The summed E-state index contributed by atoms with van der Waals surface area (Å²) >= 11 is 8.42. The molecule has 0 aliphatic carbocycles. The largest absolute Gasteiger partial charge is 0.387 e. The highest BCUT2D eigenvalue weighted by Crippen LogP contribution is 2.54. The number of aliphatic hydroxyl groups excluding tert-OH is 2. The van der Waals surface area contributed by atoms with Crippen LogP contribution in [0.3, 0.4) is 0 Å². The zero-order chi connectivity index (χ0) is 31.0. The van der Waals surface area contributed by atoms with Crippen LogP contribution in [0.5, 0.6) is 0 Å². The number of nitrogens with zero attached hydrogens (tertiary/aromatic N) is 8. The van der Waals surface area contributed by atoms with Crippen LogP contribution in [-0.2, 0) is 27.7 Å². The number of anilines is 2. The number of fused-ring (bicyclic) bond motifs is 4. The van der Waals surface area contributed by atoms with Crippen molar-refractivity contribution in [3.05, 3.63) is 25.3 Å². The SMILES string of the molecule is Nc1ncnc2c1ncn2[C@@H]1O[C@@H]2COP(=O)(S)N[C@H]3[C@@H](O)[C@H](n4cnc5c(N)ncnc54)O[C@@H]3COP(=O)(S)N[C@H]2[C@H]1O. The summed E-state index contributed by atoms with van der Waals surface area (Å²) in [6, 6.07) is -2.21. The molecule has 20 nitrogen and oxygen atoms in total. The summed E-state index contributed by atoms with van der Waals surface area (Å²) in [5.41, 5.74) is 12.9. The fraction of sp³-hybridized carbons (Fsp3) is 0.500. The summed E-state index contributed by atoms with van der Waals surface area (Å²) in [5.74, 6) is 0.251. The quantitative estimate of drug-likeness (QED) is 0.0963. The summed E-state index contributed by atoms with van der Waals surface area (Å²) < 4.78 is 53.4. The Morgan fingerprint density at radius 3 is 1.57 bits per heavy atom. The van der Waals surface area contributed by atoms with Crippen molar-refractivity contribution in [1.29, 1.82) is 0 Å². The molecule has 4 aromatic heterocycles. The molecule has 0 radical (unpaired) electrons. The van der Waals surface area contributed by atoms with Crippen molar-refractivity contribution in [3.63, 3.8) is 0 Å². The van der Waals surface area contributed by atoms with Crippen molar-refractivity contribution < 1.29 is 37.9 Å². The first-order chi connectivity index (χ1) is 20.9. The predicted octanol–water partition coefficient (Wildman–Crippen LogP) is -0.614. The van der Waals surface area contributed by atoms with Crippen LogP contribution in [0.25, 0.3) is 22.3 Å². The molecule has 0 saturated carbocycles. The predicted molar refractivity (Wildman–Crippen MR) is 158 cm³/mol. The van der Waals surface area contributed by atoms with Crippen LogP contribution in [0.4, 0.5) is 11.6 Å². The Labute approximate surface area is 257 Å². The summed E-state index contributed by atoms with van der Waals surface area (Å²) in [5, 5.41) is 28.1. The van der Waals surface area contributed by atoms with Gasteiger partial charge in [0.25, 0.3) is 0 Å². The lowest BCUT2D eigenvalue weighted by Gasteiger charge is -2.30. The Hall–Kier alpha value is -2.46. The molecule has 7 heterocycles. The van der Waals surface area contributed by atoms with Gasteiger partial charge in [-0.25, -0.2) is 40.1 Å². The van der Waals surface area contributed by atoms with E-state index in [0.717, 1.165) is 0 Å². The molecule has 0 spiro atoms. The number of hydrogen-bond acceptors (Lipinski definition) is 16. The van der Waals surface area contributed by atoms with Gasteiger partial charge in [-0.05, 0) is 0 Å². The Morgan fingerprint density at radius 1 is 0.750 bits per heavy atom. The molecule has 4 aromatic rings. The van der Waals surface area contributed by atoms with Crippen molar-refractivity contribution in [2.75, 3.05) is 24.7 Å². The van der Waals surface area contributed by atoms with Gasteiger partial charge in [0.1, 0.15) is 48.1 Å². The van der Waals surface area contributed by atoms with Crippen molar-refractivity contribution in [2.24, 2.45) is 0 Å². The Balaban J connectivity index is 1.17. The molecule has 24 heteroatoms. The van der Waals surface area contributed by atoms with E-state index in [1.54, 1.807) is 0 Å². The van der Waals surface area contributed by atoms with Crippen LogP contribution in [0, 0.1) is 0 Å². The number of aliphatic hydroxyl groups is 2. The van der Waals surface area contributed by atoms with E-state index in [2.05, 4.69) is 64.6 Å². The highest BCUT2D eigenvalue weighted by molar-refractivity contribution is 8.45. The number of nitrogens with two attached hydrogens (primary N) is 2. The maximum atomic E-state index is 13.5. The van der Waals surface area contributed by atoms with Gasteiger partial charge in [-0.3, -0.25) is 18.3 Å². The summed E-state index contributed by atoms with van der Waals surface area (Å²) in [7, 11) is 0. The third kappa shape index (κ3) is 5.27. The molecule has 7 rings (SSSR count). The molecule has 8 N–H and O–H groups in total. The average Bonchev–Trinajstić information content (AvgIpc) is 3.73. The van der Waals surface area contributed by atoms with Gasteiger partial charge in [0.05, 0.1) is 38.0 Å². The van der Waals surface area contributed by atoms with Crippen LogP contribution >= 0.6 is 37.9 Å². The third-order valence-corrected chi connectivity index (χ3v) is 11.2. The van der Waals surface area contributed by atoms with Gasteiger partial charge < -0.3 is 40.2 Å². The van der Waals surface area contributed by atoms with E-state index in [1.165, 1.54) is 34.4 Å². The normalized spacial score (nSPS) is 38.3. The zero-order valence-electron chi connectivity index (χ0n) is 22.2. The first-order valence-corrected chi connectivity index (χ1v) is 18.5. The first-order valence-electron chi connectivity index (χ1n) is 13.0. The van der Waals surface area contributed by atoms with E-state index in [0.29, 0.717) is 0 Å². The number of thiol groups is 2. The molecule has 3 fully saturated rings. The lowest BCUT2D eigenvalue weighted by atomic mass is 10.1. The third-order valence-electron chi connectivity index (χ3n) is 7.52. The minimum absolute atomic E-state index is 0.125. The van der Waals surface area contributed by atoms with Crippen LogP contribution in [0.2, 0.25) is 0 Å². The highest BCUT2D eigenvalue weighted by Gasteiger charge is 2.51. The Kier molecular flexibility index (Phi) is 7.63. The van der Waals surface area contributed by atoms with Crippen LogP contribution < -0.4 is 21.6 Å². The number of aromatic nitrogens is 8. The Morgan fingerprint density at radius 2 is 1.16 bits per heavy atom. The fourth-order valence-corrected chi connectivity index (χ4v) is 8.90. The molecule has 2 unspecified atom stereocenters. The van der Waals surface area contributed by atoms with Gasteiger partial charge >= 0.3 is 13.4 Å². The van der Waals surface area contributed by atoms with E-state index >= 15 is 0 Å². The monoisotopic (exact) mass is 688 g/mol. The van der Waals surface area contributed by atoms with Crippen LogP contribution in [-0.4, -0.2) is 99.0 Å². The van der Waals surface area contributed by atoms with Crippen molar-refractivity contribution in [1.82, 2.24) is 49.2 Å². The topological polar surface area (TPSA) is 275 Å². The van der Waals surface area contributed by atoms with E-state index in [1.807, 2.05) is 0 Å². The van der Waals surface area contributed by atoms with E-state index < -0.39 is 75.6 Å². The molecule has 0 amide bonds. The van der Waals surface area contributed by atoms with Crippen molar-refractivity contribution in [3.8, 4) is 0 Å². The maximum absolute atomic E-state index is 13.5. The average molecular weight is 689 g/mol. The zero-order valence-corrected chi connectivity index (χ0v) is 25.8. The number of rotatable bonds is 2. The number of nitrogens with one attached hydrogen (secondary N) is 2. The molecule has 0 aromatic carbocycles. The van der Waals surface area contributed by atoms with Crippen molar-refractivity contribution in [2.45, 2.75) is 49.0 Å². The van der Waals surface area contributed by atoms with Crippen LogP contribution in [0.15, 0.2) is 25.3 Å². The second-order valence-electron chi connectivity index (χ2n) is 10.2. The lowest BCUT2D eigenvalue weighted by Crippen LogP contribution is -2.47. The van der Waals surface area contributed by atoms with Gasteiger partial charge in [-0.1, -0.05) is 24.5 Å². The molecule has 44 heavy (non-hydrogen) atoms. The molecule has 3 aliphatic heterocycles. The molecule has 3 aliphatic rings. The highest BCUT2D eigenvalue weighted by atomic mass is 32.7. The van der Waals surface area contributed by atoms with Gasteiger partial charge in [-0.2, -0.15) is 0 Å². The van der Waals surface area contributed by atoms with E-state index in [-0.39, 0.29) is 34.0 Å². The van der Waals surface area contributed by atoms with Gasteiger partial charge in [0.2, 0.25) is 0 Å². The summed E-state index contributed by atoms with van der Waals surface area (Å²) in [6.45, 7) is -8.79. The van der Waals surface area contributed by atoms with Gasteiger partial charge in [0, 0.05) is 0 Å². The van der Waals surface area contributed by atoms with Gasteiger partial charge in [0.15, 0.2) is 35.4 Å². The lowest BCUT2D eigenvalue weighted by molar-refractivity contribution is -0.0464. The van der Waals surface area contributed by atoms with Gasteiger partial charge in [-0.15, -0.1) is 0 Å². The molecule has 236 valence electrons. The minimum Gasteiger partial charge on any atom is -0.387 e. The van der Waals surface area contributed by atoms with Crippen LogP contribution in [0.1, 0.15) is 12.5 Å². The number of hydrogen-bond donors (Lipinski definition) is 8. The number of nitrogen functional groups attached to an aromatic ring is 2. The number of imidazole rings is 2.